The van der Waals surface area contributed by atoms with Crippen molar-refractivity contribution in [3.05, 3.63) is 64.5 Å². The second kappa shape index (κ2) is 5.95. The molecule has 3 nitrogen and oxygen atoms in total. The summed E-state index contributed by atoms with van der Waals surface area (Å²) in [5.74, 6) is -0.525. The van der Waals surface area contributed by atoms with Crippen molar-refractivity contribution >= 4 is 11.6 Å². The maximum absolute atomic E-state index is 13.6. The van der Waals surface area contributed by atoms with Crippen LogP contribution in [0.5, 0.6) is 0 Å². The van der Waals surface area contributed by atoms with Gasteiger partial charge in [0.25, 0.3) is 5.91 Å². The Morgan fingerprint density at radius 2 is 1.90 bits per heavy atom. The minimum atomic E-state index is -0.299. The van der Waals surface area contributed by atoms with Gasteiger partial charge in [0.05, 0.1) is 11.6 Å². The smallest absolute Gasteiger partial charge is 0.254 e. The number of amides is 1. The molecule has 0 radical (unpaired) electrons. The summed E-state index contributed by atoms with van der Waals surface area (Å²) < 4.78 is 13.6. The molecule has 4 heteroatoms. The number of nitrogens with two attached hydrogens (primary N) is 1. The van der Waals surface area contributed by atoms with Gasteiger partial charge in [-0.1, -0.05) is 24.3 Å². The van der Waals surface area contributed by atoms with Crippen LogP contribution < -0.4 is 11.1 Å². The van der Waals surface area contributed by atoms with Crippen molar-refractivity contribution in [1.29, 1.82) is 0 Å². The van der Waals surface area contributed by atoms with Gasteiger partial charge in [-0.25, -0.2) is 4.39 Å². The number of nitrogen functional groups attached to an aromatic ring is 1. The minimum Gasteiger partial charge on any atom is -0.398 e. The van der Waals surface area contributed by atoms with Crippen LogP contribution >= 0.6 is 0 Å². The summed E-state index contributed by atoms with van der Waals surface area (Å²) in [6, 6.07) is 9.99. The van der Waals surface area contributed by atoms with Gasteiger partial charge in [0.15, 0.2) is 0 Å². The second-order valence-corrected chi connectivity index (χ2v) is 5.24. The molecule has 0 aliphatic heterocycles. The van der Waals surface area contributed by atoms with E-state index in [2.05, 4.69) is 5.32 Å². The summed E-state index contributed by atoms with van der Waals surface area (Å²) in [6.07, 6.45) is 0. The first-order chi connectivity index (χ1) is 9.90. The van der Waals surface area contributed by atoms with Crippen LogP contribution in [0.15, 0.2) is 36.4 Å². The molecule has 0 heterocycles. The highest BCUT2D eigenvalue weighted by Crippen LogP contribution is 2.20. The summed E-state index contributed by atoms with van der Waals surface area (Å²) >= 11 is 0. The lowest BCUT2D eigenvalue weighted by atomic mass is 10.0. The highest BCUT2D eigenvalue weighted by Gasteiger charge is 2.16. The predicted molar refractivity (Wildman–Crippen MR) is 82.6 cm³/mol. The molecule has 1 unspecified atom stereocenters. The van der Waals surface area contributed by atoms with E-state index in [1.165, 1.54) is 6.07 Å². The number of hydrogen-bond acceptors (Lipinski definition) is 2. The molecule has 0 bridgehead atoms. The summed E-state index contributed by atoms with van der Waals surface area (Å²) in [5, 5.41) is 2.86. The Bertz CT molecular complexity index is 662. The first-order valence-corrected chi connectivity index (χ1v) is 6.82. The quantitative estimate of drug-likeness (QED) is 0.848. The summed E-state index contributed by atoms with van der Waals surface area (Å²) in [7, 11) is 0. The van der Waals surface area contributed by atoms with E-state index in [-0.39, 0.29) is 17.8 Å². The first-order valence-electron chi connectivity index (χ1n) is 6.82. The second-order valence-electron chi connectivity index (χ2n) is 5.24. The van der Waals surface area contributed by atoms with Gasteiger partial charge < -0.3 is 11.1 Å². The van der Waals surface area contributed by atoms with E-state index in [1.807, 2.05) is 26.0 Å². The van der Waals surface area contributed by atoms with Gasteiger partial charge in [0, 0.05) is 5.69 Å². The number of carbonyl (C=O) groups excluding carboxylic acids is 1. The molecule has 0 saturated heterocycles. The van der Waals surface area contributed by atoms with Gasteiger partial charge >= 0.3 is 0 Å². The minimum absolute atomic E-state index is 0.251. The fraction of sp³-hybridized carbons (Fsp3) is 0.235. The molecule has 3 N–H and O–H groups in total. The van der Waals surface area contributed by atoms with Crippen molar-refractivity contribution in [2.45, 2.75) is 26.8 Å². The highest BCUT2D eigenvalue weighted by molar-refractivity contribution is 6.00. The number of carbonyl (C=O) groups is 1. The molecule has 0 fully saturated rings. The monoisotopic (exact) mass is 286 g/mol. The SMILES string of the molecule is Cc1ccc(C(C)NC(=O)c2c(C)cccc2N)cc1F. The molecule has 0 aromatic heterocycles. The van der Waals surface area contributed by atoms with Crippen LogP contribution in [0.1, 0.15) is 40.0 Å². The van der Waals surface area contributed by atoms with E-state index in [9.17, 15) is 9.18 Å². The maximum Gasteiger partial charge on any atom is 0.254 e. The van der Waals surface area contributed by atoms with E-state index >= 15 is 0 Å². The van der Waals surface area contributed by atoms with Crippen molar-refractivity contribution in [1.82, 2.24) is 5.32 Å². The largest absolute Gasteiger partial charge is 0.398 e. The van der Waals surface area contributed by atoms with Gasteiger partial charge in [-0.2, -0.15) is 0 Å². The van der Waals surface area contributed by atoms with Crippen molar-refractivity contribution in [2.75, 3.05) is 5.73 Å². The lowest BCUT2D eigenvalue weighted by molar-refractivity contribution is 0.0940. The lowest BCUT2D eigenvalue weighted by Crippen LogP contribution is -2.28. The molecule has 2 aromatic rings. The van der Waals surface area contributed by atoms with Crippen LogP contribution in [0.3, 0.4) is 0 Å². The maximum atomic E-state index is 13.6. The summed E-state index contributed by atoms with van der Waals surface area (Å²) in [6.45, 7) is 5.36. The summed E-state index contributed by atoms with van der Waals surface area (Å²) in [5.41, 5.74) is 8.89. The third kappa shape index (κ3) is 3.21. The molecule has 0 spiro atoms. The Morgan fingerprint density at radius 1 is 1.19 bits per heavy atom. The zero-order chi connectivity index (χ0) is 15.6. The van der Waals surface area contributed by atoms with E-state index in [4.69, 9.17) is 5.73 Å². The molecule has 2 aromatic carbocycles. The van der Waals surface area contributed by atoms with E-state index in [0.29, 0.717) is 16.8 Å². The van der Waals surface area contributed by atoms with Crippen LogP contribution in [0.25, 0.3) is 0 Å². The molecule has 110 valence electrons. The molecule has 1 amide bonds. The van der Waals surface area contributed by atoms with E-state index in [0.717, 1.165) is 11.1 Å². The van der Waals surface area contributed by atoms with Crippen LogP contribution in [0.4, 0.5) is 10.1 Å². The fourth-order valence-corrected chi connectivity index (χ4v) is 2.23. The van der Waals surface area contributed by atoms with Crippen LogP contribution in [0, 0.1) is 19.7 Å². The summed E-state index contributed by atoms with van der Waals surface area (Å²) in [4.78, 5) is 12.3. The molecule has 21 heavy (non-hydrogen) atoms. The fourth-order valence-electron chi connectivity index (χ4n) is 2.23. The predicted octanol–water partition coefficient (Wildman–Crippen LogP) is 3.52. The van der Waals surface area contributed by atoms with Crippen LogP contribution in [0.2, 0.25) is 0 Å². The number of benzene rings is 2. The van der Waals surface area contributed by atoms with Crippen LogP contribution in [-0.2, 0) is 0 Å². The van der Waals surface area contributed by atoms with Crippen LogP contribution in [-0.4, -0.2) is 5.91 Å². The van der Waals surface area contributed by atoms with Gasteiger partial charge in [0.1, 0.15) is 5.82 Å². The average Bonchev–Trinajstić information content (AvgIpc) is 2.41. The highest BCUT2D eigenvalue weighted by atomic mass is 19.1. The van der Waals surface area contributed by atoms with Gasteiger partial charge in [-0.15, -0.1) is 0 Å². The molecule has 2 rings (SSSR count). The Labute approximate surface area is 124 Å². The molecule has 0 saturated carbocycles. The van der Waals surface area contributed by atoms with Gasteiger partial charge in [-0.05, 0) is 49.6 Å². The Hall–Kier alpha value is -2.36. The van der Waals surface area contributed by atoms with Crippen molar-refractivity contribution < 1.29 is 9.18 Å². The van der Waals surface area contributed by atoms with E-state index < -0.39 is 0 Å². The van der Waals surface area contributed by atoms with Crippen molar-refractivity contribution in [3.8, 4) is 0 Å². The van der Waals surface area contributed by atoms with E-state index in [1.54, 1.807) is 25.1 Å². The Balaban J connectivity index is 2.21. The number of anilines is 1. The number of nitrogens with one attached hydrogen (secondary N) is 1. The lowest BCUT2D eigenvalue weighted by Gasteiger charge is -2.17. The first kappa shape index (κ1) is 15.0. The van der Waals surface area contributed by atoms with Crippen molar-refractivity contribution in [2.24, 2.45) is 0 Å². The topological polar surface area (TPSA) is 55.1 Å². The zero-order valence-electron chi connectivity index (χ0n) is 12.4. The normalized spacial score (nSPS) is 12.0. The van der Waals surface area contributed by atoms with Gasteiger partial charge in [-0.3, -0.25) is 4.79 Å². The molecule has 0 aliphatic rings. The number of aryl methyl sites for hydroxylation is 2. The molecular formula is C17H19FN2O. The third-order valence-corrected chi connectivity index (χ3v) is 3.58. The standard InChI is InChI=1S/C17H19FN2O/c1-10-7-8-13(9-14(10)18)12(3)20-17(21)16-11(2)5-4-6-15(16)19/h4-9,12H,19H2,1-3H3,(H,20,21). The molecule has 1 atom stereocenters. The Kier molecular flexibility index (Phi) is 4.26. The van der Waals surface area contributed by atoms with Gasteiger partial charge in [0.2, 0.25) is 0 Å². The van der Waals surface area contributed by atoms with Crippen molar-refractivity contribution in [3.63, 3.8) is 0 Å². The molecule has 0 aliphatic carbocycles. The number of hydrogen-bond donors (Lipinski definition) is 2. The number of halogens is 1. The number of rotatable bonds is 3. The molecular weight excluding hydrogens is 267 g/mol. The third-order valence-electron chi connectivity index (χ3n) is 3.58. The average molecular weight is 286 g/mol. The Morgan fingerprint density at radius 3 is 2.52 bits per heavy atom. The zero-order valence-corrected chi connectivity index (χ0v) is 12.4.